The molecule has 0 spiro atoms. The Labute approximate surface area is 115 Å². The van der Waals surface area contributed by atoms with Crippen molar-refractivity contribution in [1.29, 1.82) is 0 Å². The molecule has 2 heteroatoms. The van der Waals surface area contributed by atoms with Crippen molar-refractivity contribution in [2.24, 2.45) is 0 Å². The molecule has 0 radical (unpaired) electrons. The molecule has 0 aliphatic heterocycles. The summed E-state index contributed by atoms with van der Waals surface area (Å²) in [6.45, 7) is 3.78. The van der Waals surface area contributed by atoms with E-state index in [2.05, 4.69) is 36.5 Å². The number of rotatable bonds is 7. The fraction of sp³-hybridized carbons (Fsp3) is 0.294. The van der Waals surface area contributed by atoms with Crippen molar-refractivity contribution in [3.05, 3.63) is 60.2 Å². The van der Waals surface area contributed by atoms with Crippen LogP contribution in [0.1, 0.15) is 25.3 Å². The molecule has 0 bridgehead atoms. The number of para-hydroxylation sites is 1. The second-order valence-electron chi connectivity index (χ2n) is 4.57. The predicted molar refractivity (Wildman–Crippen MR) is 80.6 cm³/mol. The zero-order chi connectivity index (χ0) is 13.3. The van der Waals surface area contributed by atoms with Gasteiger partial charge in [0.1, 0.15) is 5.75 Å². The van der Waals surface area contributed by atoms with Crippen LogP contribution in [-0.4, -0.2) is 6.61 Å². The Morgan fingerprint density at radius 3 is 2.63 bits per heavy atom. The van der Waals surface area contributed by atoms with Gasteiger partial charge in [0.2, 0.25) is 0 Å². The van der Waals surface area contributed by atoms with E-state index in [1.165, 1.54) is 5.56 Å². The highest BCUT2D eigenvalue weighted by molar-refractivity contribution is 5.43. The lowest BCUT2D eigenvalue weighted by Crippen LogP contribution is -2.01. The van der Waals surface area contributed by atoms with Gasteiger partial charge >= 0.3 is 0 Å². The fourth-order valence-electron chi connectivity index (χ4n) is 1.84. The summed E-state index contributed by atoms with van der Waals surface area (Å²) in [4.78, 5) is 0. The van der Waals surface area contributed by atoms with Crippen molar-refractivity contribution in [2.75, 3.05) is 11.9 Å². The summed E-state index contributed by atoms with van der Waals surface area (Å²) in [7, 11) is 0. The third-order valence-corrected chi connectivity index (χ3v) is 2.94. The molecule has 0 unspecified atom stereocenters. The van der Waals surface area contributed by atoms with Crippen molar-refractivity contribution in [2.45, 2.75) is 26.3 Å². The van der Waals surface area contributed by atoms with E-state index in [0.717, 1.165) is 37.4 Å². The largest absolute Gasteiger partial charge is 0.494 e. The second-order valence-corrected chi connectivity index (χ2v) is 4.57. The van der Waals surface area contributed by atoms with Gasteiger partial charge in [-0.05, 0) is 36.2 Å². The number of unbranched alkanes of at least 4 members (excludes halogenated alkanes) is 1. The van der Waals surface area contributed by atoms with E-state index in [1.807, 2.05) is 30.3 Å². The summed E-state index contributed by atoms with van der Waals surface area (Å²) in [5.74, 6) is 0.959. The number of benzene rings is 2. The van der Waals surface area contributed by atoms with Crippen LogP contribution in [0.4, 0.5) is 5.69 Å². The first-order chi connectivity index (χ1) is 9.38. The molecule has 0 saturated carbocycles. The molecule has 2 rings (SSSR count). The Morgan fingerprint density at radius 2 is 1.84 bits per heavy atom. The Morgan fingerprint density at radius 1 is 1.00 bits per heavy atom. The van der Waals surface area contributed by atoms with Crippen molar-refractivity contribution >= 4 is 5.69 Å². The summed E-state index contributed by atoms with van der Waals surface area (Å²) in [6, 6.07) is 18.5. The molecule has 0 fully saturated rings. The van der Waals surface area contributed by atoms with E-state index in [1.54, 1.807) is 0 Å². The van der Waals surface area contributed by atoms with Gasteiger partial charge in [0.25, 0.3) is 0 Å². The van der Waals surface area contributed by atoms with E-state index < -0.39 is 0 Å². The first kappa shape index (κ1) is 13.5. The highest BCUT2D eigenvalue weighted by Crippen LogP contribution is 2.15. The number of anilines is 1. The van der Waals surface area contributed by atoms with Gasteiger partial charge in [0.15, 0.2) is 0 Å². The first-order valence-electron chi connectivity index (χ1n) is 6.89. The second kappa shape index (κ2) is 7.47. The van der Waals surface area contributed by atoms with Crippen LogP contribution in [0.3, 0.4) is 0 Å². The normalized spacial score (nSPS) is 10.2. The van der Waals surface area contributed by atoms with E-state index in [9.17, 15) is 0 Å². The molecule has 19 heavy (non-hydrogen) atoms. The molecule has 2 aromatic carbocycles. The lowest BCUT2D eigenvalue weighted by atomic mass is 10.2. The molecule has 0 saturated heterocycles. The maximum absolute atomic E-state index is 5.71. The number of hydrogen-bond donors (Lipinski definition) is 1. The number of nitrogens with one attached hydrogen (secondary N) is 1. The molecule has 0 aromatic heterocycles. The van der Waals surface area contributed by atoms with Gasteiger partial charge in [-0.1, -0.05) is 43.7 Å². The molecule has 0 heterocycles. The Kier molecular flexibility index (Phi) is 5.30. The number of hydrogen-bond acceptors (Lipinski definition) is 2. The molecule has 1 N–H and O–H groups in total. The SMILES string of the molecule is CCCCOc1cccc(CNc2ccccc2)c1. The highest BCUT2D eigenvalue weighted by Gasteiger charge is 1.97. The van der Waals surface area contributed by atoms with E-state index in [4.69, 9.17) is 4.74 Å². The van der Waals surface area contributed by atoms with Gasteiger partial charge in [-0.2, -0.15) is 0 Å². The topological polar surface area (TPSA) is 21.3 Å². The zero-order valence-corrected chi connectivity index (χ0v) is 11.4. The van der Waals surface area contributed by atoms with E-state index in [-0.39, 0.29) is 0 Å². The number of ether oxygens (including phenoxy) is 1. The Bertz CT molecular complexity index is 482. The van der Waals surface area contributed by atoms with Gasteiger partial charge in [-0.3, -0.25) is 0 Å². The molecule has 2 aromatic rings. The average molecular weight is 255 g/mol. The first-order valence-corrected chi connectivity index (χ1v) is 6.89. The molecule has 2 nitrogen and oxygen atoms in total. The van der Waals surface area contributed by atoms with Crippen molar-refractivity contribution < 1.29 is 4.74 Å². The van der Waals surface area contributed by atoms with Gasteiger partial charge in [-0.25, -0.2) is 0 Å². The minimum atomic E-state index is 0.798. The molecular weight excluding hydrogens is 234 g/mol. The maximum Gasteiger partial charge on any atom is 0.119 e. The minimum Gasteiger partial charge on any atom is -0.494 e. The molecule has 100 valence electrons. The minimum absolute atomic E-state index is 0.798. The average Bonchev–Trinajstić information content (AvgIpc) is 2.47. The zero-order valence-electron chi connectivity index (χ0n) is 11.4. The summed E-state index contributed by atoms with van der Waals surface area (Å²) in [5, 5.41) is 3.40. The third-order valence-electron chi connectivity index (χ3n) is 2.94. The van der Waals surface area contributed by atoms with Crippen molar-refractivity contribution in [3.63, 3.8) is 0 Å². The quantitative estimate of drug-likeness (QED) is 0.737. The smallest absolute Gasteiger partial charge is 0.119 e. The van der Waals surface area contributed by atoms with Crippen LogP contribution in [0.2, 0.25) is 0 Å². The summed E-state index contributed by atoms with van der Waals surface area (Å²) >= 11 is 0. The Balaban J connectivity index is 1.88. The Hall–Kier alpha value is -1.96. The monoisotopic (exact) mass is 255 g/mol. The van der Waals surface area contributed by atoms with Crippen LogP contribution in [0, 0.1) is 0 Å². The van der Waals surface area contributed by atoms with E-state index >= 15 is 0 Å². The third kappa shape index (κ3) is 4.66. The molecule has 0 aliphatic rings. The highest BCUT2D eigenvalue weighted by atomic mass is 16.5. The predicted octanol–water partition coefficient (Wildman–Crippen LogP) is 4.48. The molecular formula is C17H21NO. The lowest BCUT2D eigenvalue weighted by molar-refractivity contribution is 0.309. The summed E-state index contributed by atoms with van der Waals surface area (Å²) < 4.78 is 5.71. The van der Waals surface area contributed by atoms with Gasteiger partial charge in [0, 0.05) is 12.2 Å². The van der Waals surface area contributed by atoms with Crippen LogP contribution in [0.15, 0.2) is 54.6 Å². The summed E-state index contributed by atoms with van der Waals surface area (Å²) in [6.07, 6.45) is 2.27. The van der Waals surface area contributed by atoms with Crippen LogP contribution in [-0.2, 0) is 6.54 Å². The van der Waals surface area contributed by atoms with E-state index in [0.29, 0.717) is 0 Å². The van der Waals surface area contributed by atoms with Crippen LogP contribution in [0.25, 0.3) is 0 Å². The molecule has 0 atom stereocenters. The summed E-state index contributed by atoms with van der Waals surface area (Å²) in [5.41, 5.74) is 2.37. The van der Waals surface area contributed by atoms with Gasteiger partial charge in [-0.15, -0.1) is 0 Å². The fourth-order valence-corrected chi connectivity index (χ4v) is 1.84. The van der Waals surface area contributed by atoms with Crippen molar-refractivity contribution in [1.82, 2.24) is 0 Å². The molecule has 0 aliphatic carbocycles. The maximum atomic E-state index is 5.71. The lowest BCUT2D eigenvalue weighted by Gasteiger charge is -2.09. The van der Waals surface area contributed by atoms with Crippen molar-refractivity contribution in [3.8, 4) is 5.75 Å². The van der Waals surface area contributed by atoms with Crippen LogP contribution >= 0.6 is 0 Å². The van der Waals surface area contributed by atoms with Gasteiger partial charge in [0.05, 0.1) is 6.61 Å². The van der Waals surface area contributed by atoms with Crippen LogP contribution < -0.4 is 10.1 Å². The standard InChI is InChI=1S/C17H21NO/c1-2-3-12-19-17-11-7-8-15(13-17)14-18-16-9-5-4-6-10-16/h4-11,13,18H,2-3,12,14H2,1H3. The van der Waals surface area contributed by atoms with Gasteiger partial charge < -0.3 is 10.1 Å². The molecule has 0 amide bonds. The van der Waals surface area contributed by atoms with Crippen LogP contribution in [0.5, 0.6) is 5.75 Å².